The van der Waals surface area contributed by atoms with Crippen molar-refractivity contribution in [1.82, 2.24) is 10.2 Å². The van der Waals surface area contributed by atoms with Crippen LogP contribution in [0.2, 0.25) is 0 Å². The number of nitrogens with zero attached hydrogens (tertiary/aromatic N) is 1. The van der Waals surface area contributed by atoms with Crippen LogP contribution in [0, 0.1) is 35.5 Å². The molecule has 0 unspecified atom stereocenters. The monoisotopic (exact) mass is 1000 g/mol. The minimum Gasteiger partial charge on any atom is -0.460 e. The van der Waals surface area contributed by atoms with Gasteiger partial charge in [-0.25, -0.2) is 9.59 Å². The fourth-order valence-corrected chi connectivity index (χ4v) is 10.4. The Hall–Kier alpha value is -4.10. The number of amides is 2. The Morgan fingerprint density at radius 2 is 1.63 bits per heavy atom. The fourth-order valence-electron chi connectivity index (χ4n) is 10.4. The number of aliphatic hydroxyl groups is 3. The predicted molar refractivity (Wildman–Crippen MR) is 264 cm³/mol. The molecule has 2 saturated heterocycles. The lowest BCUT2D eigenvalue weighted by atomic mass is 9.78. The average Bonchev–Trinajstić information content (AvgIpc) is 3.35. The molecule has 0 radical (unpaired) electrons. The van der Waals surface area contributed by atoms with E-state index in [1.54, 1.807) is 40.9 Å². The summed E-state index contributed by atoms with van der Waals surface area (Å²) in [6.07, 6.45) is 9.35. The van der Waals surface area contributed by atoms with Crippen LogP contribution in [0.25, 0.3) is 0 Å². The molecule has 4 rings (SSSR count). The number of fused-ring (bicyclic) bond motifs is 3. The normalized spacial score (nSPS) is 37.8. The molecule has 15 atom stereocenters. The zero-order valence-electron chi connectivity index (χ0n) is 43.8. The number of methoxy groups -OCH3 is 2. The number of esters is 1. The van der Waals surface area contributed by atoms with Crippen LogP contribution < -0.4 is 5.32 Å². The number of hydrogen-bond acceptors (Lipinski definition) is 15. The molecule has 0 aromatic carbocycles. The van der Waals surface area contributed by atoms with Crippen LogP contribution >= 0.6 is 0 Å². The molecule has 17 nitrogen and oxygen atoms in total. The van der Waals surface area contributed by atoms with E-state index in [1.165, 1.54) is 14.2 Å². The molecule has 3 aliphatic heterocycles. The van der Waals surface area contributed by atoms with Gasteiger partial charge in [0.15, 0.2) is 5.78 Å². The molecule has 2 bridgehead atoms. The Morgan fingerprint density at radius 1 is 0.901 bits per heavy atom. The standard InChI is InChI=1S/C54H84N2O15/c1-32-16-12-11-13-17-33(2)44(68-24-25-69-53(64)55-8)30-40-21-19-38(7)54(65,71-40)50(61)51(62)56-23-15-14-18-41(56)52(63)70-45(35(4)28-39-20-22-42(57)46(29-39)66-9)31-43(58)34(3)27-37(6)48(60)49(67-10)47(59)36(5)26-32/h11-13,16-17,27,32,34-36,38-42,44-46,48-49,57,60,65H,14-15,18-26,28-31H2,1-10H3,(H,55,64)/b13-11+,16-12+,33-17+,37-27+/t32-,34-,35-,36-,38-,39+,40+,41+,42-,44+,45+,46-,48-,49+,54-/m1/s1. The summed E-state index contributed by atoms with van der Waals surface area (Å²) >= 11 is 0. The topological polar surface area (TPSA) is 234 Å². The Labute approximate surface area is 421 Å². The zero-order chi connectivity index (χ0) is 52.6. The third-order valence-corrected chi connectivity index (χ3v) is 15.0. The third kappa shape index (κ3) is 16.7. The molecule has 4 aliphatic rings. The van der Waals surface area contributed by atoms with Gasteiger partial charge in [0.25, 0.3) is 11.7 Å². The van der Waals surface area contributed by atoms with E-state index in [1.807, 2.05) is 51.2 Å². The largest absolute Gasteiger partial charge is 0.460 e. The lowest BCUT2D eigenvalue weighted by Gasteiger charge is -2.43. The van der Waals surface area contributed by atoms with Crippen LogP contribution in [0.5, 0.6) is 0 Å². The van der Waals surface area contributed by atoms with Crippen LogP contribution in [-0.4, -0.2) is 151 Å². The van der Waals surface area contributed by atoms with Crippen molar-refractivity contribution in [2.24, 2.45) is 35.5 Å². The van der Waals surface area contributed by atoms with Crippen molar-refractivity contribution in [3.8, 4) is 0 Å². The highest BCUT2D eigenvalue weighted by atomic mass is 16.6. The van der Waals surface area contributed by atoms with Gasteiger partial charge in [0.2, 0.25) is 5.79 Å². The van der Waals surface area contributed by atoms with Crippen LogP contribution in [-0.2, 0) is 52.4 Å². The fraction of sp³-hybridized carbons (Fsp3) is 0.741. The number of ether oxygens (including phenoxy) is 6. The van der Waals surface area contributed by atoms with Crippen LogP contribution in [0.1, 0.15) is 126 Å². The van der Waals surface area contributed by atoms with Gasteiger partial charge >= 0.3 is 12.1 Å². The predicted octanol–water partition coefficient (Wildman–Crippen LogP) is 5.91. The Bertz CT molecular complexity index is 1930. The second-order valence-corrected chi connectivity index (χ2v) is 20.6. The van der Waals surface area contributed by atoms with Gasteiger partial charge in [0.1, 0.15) is 36.7 Å². The summed E-state index contributed by atoms with van der Waals surface area (Å²) in [7, 11) is 4.37. The van der Waals surface area contributed by atoms with E-state index < -0.39 is 90.0 Å². The molecule has 4 N–H and O–H groups in total. The quantitative estimate of drug-likeness (QED) is 0.0911. The van der Waals surface area contributed by atoms with Crippen molar-refractivity contribution in [3.63, 3.8) is 0 Å². The van der Waals surface area contributed by atoms with Crippen molar-refractivity contribution in [2.75, 3.05) is 41.0 Å². The number of aliphatic hydroxyl groups excluding tert-OH is 2. The van der Waals surface area contributed by atoms with E-state index in [4.69, 9.17) is 28.4 Å². The highest BCUT2D eigenvalue weighted by molar-refractivity contribution is 6.39. The van der Waals surface area contributed by atoms with Gasteiger partial charge in [-0.1, -0.05) is 71.1 Å². The molecule has 3 fully saturated rings. The first-order valence-electron chi connectivity index (χ1n) is 25.8. The molecule has 0 aromatic heterocycles. The molecule has 0 aromatic rings. The summed E-state index contributed by atoms with van der Waals surface area (Å²) in [6.45, 7) is 12.5. The maximum Gasteiger partial charge on any atom is 0.406 e. The van der Waals surface area contributed by atoms with Gasteiger partial charge in [0, 0.05) is 58.4 Å². The van der Waals surface area contributed by atoms with Crippen LogP contribution in [0.4, 0.5) is 4.79 Å². The number of alkyl carbamates (subject to hydrolysis) is 1. The van der Waals surface area contributed by atoms with Crippen molar-refractivity contribution in [1.29, 1.82) is 0 Å². The highest BCUT2D eigenvalue weighted by Gasteiger charge is 2.53. The van der Waals surface area contributed by atoms with E-state index in [2.05, 4.69) is 5.32 Å². The molecule has 400 valence electrons. The number of piperidine rings is 1. The van der Waals surface area contributed by atoms with Crippen molar-refractivity contribution < 1.29 is 72.5 Å². The number of Topliss-reactive ketones (excluding diaryl/α,β-unsaturated/α-hetero) is 3. The lowest BCUT2D eigenvalue weighted by Crippen LogP contribution is -2.61. The summed E-state index contributed by atoms with van der Waals surface area (Å²) in [5, 5.41) is 36.5. The minimum atomic E-state index is -2.52. The summed E-state index contributed by atoms with van der Waals surface area (Å²) < 4.78 is 35.0. The summed E-state index contributed by atoms with van der Waals surface area (Å²) in [6, 6.07) is -1.18. The second kappa shape index (κ2) is 28.4. The first-order valence-corrected chi connectivity index (χ1v) is 25.8. The molecule has 1 saturated carbocycles. The molecule has 3 heterocycles. The van der Waals surface area contributed by atoms with E-state index in [9.17, 15) is 44.1 Å². The van der Waals surface area contributed by atoms with Crippen LogP contribution in [0.15, 0.2) is 47.6 Å². The Morgan fingerprint density at radius 3 is 2.32 bits per heavy atom. The number of rotatable bonds is 9. The first-order chi connectivity index (χ1) is 33.6. The van der Waals surface area contributed by atoms with Gasteiger partial charge in [-0.2, -0.15) is 0 Å². The average molecular weight is 1000 g/mol. The minimum absolute atomic E-state index is 0.0290. The Kier molecular flexibility index (Phi) is 23.8. The number of carbonyl (C=O) groups is 6. The van der Waals surface area contributed by atoms with Crippen molar-refractivity contribution in [3.05, 3.63) is 47.6 Å². The van der Waals surface area contributed by atoms with E-state index in [0.717, 1.165) is 10.5 Å². The number of hydrogen-bond donors (Lipinski definition) is 4. The Balaban J connectivity index is 1.72. The molecule has 71 heavy (non-hydrogen) atoms. The SMILES string of the molecule is CNC(=O)OCCO[C@H]1C[C@@H]2CC[C@@H](C)[C@@](O)(O2)C(=O)C(=O)N2CCCC[C@H]2C(=O)O[C@H]([C@H](C)C[C@@H]2CC[C@@H](O)[C@H](OC)C2)CC(=O)[C@H](C)/C=C(\C)[C@@H](O)[C@@H](OC)C(=O)[C@H](C)C[C@H](C)/C=C/C=C/C=C/1C. The summed E-state index contributed by atoms with van der Waals surface area (Å²) in [5.74, 6) is -8.46. The molecule has 2 amide bonds. The summed E-state index contributed by atoms with van der Waals surface area (Å²) in [4.78, 5) is 84.1. The van der Waals surface area contributed by atoms with Gasteiger partial charge in [-0.15, -0.1) is 0 Å². The lowest BCUT2D eigenvalue weighted by molar-refractivity contribution is -0.266. The first kappa shape index (κ1) is 59.5. The smallest absolute Gasteiger partial charge is 0.406 e. The van der Waals surface area contributed by atoms with Gasteiger partial charge in [0.05, 0.1) is 31.0 Å². The third-order valence-electron chi connectivity index (χ3n) is 15.0. The maximum atomic E-state index is 14.5. The van der Waals surface area contributed by atoms with E-state index in [0.29, 0.717) is 63.4 Å². The van der Waals surface area contributed by atoms with Gasteiger partial charge < -0.3 is 54.0 Å². The number of carbonyl (C=O) groups excluding carboxylic acids is 6. The zero-order valence-corrected chi connectivity index (χ0v) is 43.8. The van der Waals surface area contributed by atoms with Gasteiger partial charge in [-0.3, -0.25) is 19.2 Å². The molecule has 17 heteroatoms. The number of cyclic esters (lactones) is 1. The molecular formula is C54H84N2O15. The van der Waals surface area contributed by atoms with Crippen molar-refractivity contribution in [2.45, 2.75) is 180 Å². The van der Waals surface area contributed by atoms with E-state index >= 15 is 0 Å². The number of nitrogens with one attached hydrogen (secondary N) is 1. The summed E-state index contributed by atoms with van der Waals surface area (Å²) in [5.41, 5.74) is 1.13. The van der Waals surface area contributed by atoms with Gasteiger partial charge in [-0.05, 0) is 107 Å². The highest BCUT2D eigenvalue weighted by Crippen LogP contribution is 2.38. The van der Waals surface area contributed by atoms with E-state index in [-0.39, 0.29) is 74.4 Å². The second-order valence-electron chi connectivity index (χ2n) is 20.6. The molecule has 0 spiro atoms. The van der Waals surface area contributed by atoms with Crippen LogP contribution in [0.3, 0.4) is 0 Å². The maximum absolute atomic E-state index is 14.5. The van der Waals surface area contributed by atoms with Crippen molar-refractivity contribution >= 4 is 35.3 Å². The number of ketones is 3. The number of allylic oxidation sites excluding steroid dienone is 6. The molecule has 1 aliphatic carbocycles. The molecular weight excluding hydrogens is 917 g/mol.